The van der Waals surface area contributed by atoms with Crippen molar-refractivity contribution in [2.75, 3.05) is 25.2 Å². The first-order chi connectivity index (χ1) is 18.8. The van der Waals surface area contributed by atoms with Crippen molar-refractivity contribution in [3.8, 4) is 11.5 Å². The summed E-state index contributed by atoms with van der Waals surface area (Å²) in [5.74, 6) is -1.91. The van der Waals surface area contributed by atoms with Gasteiger partial charge in [-0.2, -0.15) is 0 Å². The number of carbonyl (C=O) groups is 3. The molecule has 39 heavy (non-hydrogen) atoms. The molecule has 3 aromatic rings. The van der Waals surface area contributed by atoms with Crippen LogP contribution < -0.4 is 14.4 Å². The van der Waals surface area contributed by atoms with Crippen LogP contribution in [0.5, 0.6) is 11.5 Å². The fourth-order valence-corrected chi connectivity index (χ4v) is 5.29. The first kappa shape index (κ1) is 27.9. The van der Waals surface area contributed by atoms with Crippen molar-refractivity contribution in [3.63, 3.8) is 0 Å². The normalized spacial score (nSPS) is 15.1. The van der Waals surface area contributed by atoms with Crippen LogP contribution in [-0.4, -0.2) is 48.1 Å². The Kier molecular flexibility index (Phi) is 8.70. The fraction of sp³-hybridized carbons (Fsp3) is 0.357. The zero-order valence-corrected chi connectivity index (χ0v) is 23.0. The van der Waals surface area contributed by atoms with Crippen LogP contribution in [0.2, 0.25) is 0 Å². The van der Waals surface area contributed by atoms with Crippen molar-refractivity contribution in [1.29, 1.82) is 0 Å². The number of ether oxygens (including phenoxy) is 3. The molecule has 0 aliphatic carbocycles. The second-order valence-electron chi connectivity index (χ2n) is 8.74. The minimum atomic E-state index is -1.08. The lowest BCUT2D eigenvalue weighted by Crippen LogP contribution is -2.31. The summed E-state index contributed by atoms with van der Waals surface area (Å²) >= 11 is 0.929. The van der Waals surface area contributed by atoms with E-state index in [-0.39, 0.29) is 21.3 Å². The van der Waals surface area contributed by atoms with Crippen LogP contribution >= 0.6 is 11.3 Å². The molecular weight excluding hydrogens is 524 g/mol. The molecule has 0 saturated heterocycles. The molecule has 1 atom stereocenters. The second kappa shape index (κ2) is 12.2. The highest BCUT2D eigenvalue weighted by atomic mass is 32.1. The number of aliphatic hydroxyl groups is 1. The van der Waals surface area contributed by atoms with Gasteiger partial charge in [0.25, 0.3) is 5.91 Å². The molecule has 0 bridgehead atoms. The Morgan fingerprint density at radius 2 is 1.95 bits per heavy atom. The average Bonchev–Trinajstić information content (AvgIpc) is 3.66. The smallest absolute Gasteiger partial charge is 0.350 e. The molecular formula is C28H30N2O8S. The number of unbranched alkanes of at least 4 members (excludes halogenated alkanes) is 2. The summed E-state index contributed by atoms with van der Waals surface area (Å²) < 4.78 is 21.9. The molecule has 1 aliphatic heterocycles. The number of ketones is 1. The summed E-state index contributed by atoms with van der Waals surface area (Å²) in [7, 11) is 1.25. The number of benzene rings is 1. The molecule has 4 rings (SSSR count). The van der Waals surface area contributed by atoms with Gasteiger partial charge >= 0.3 is 5.97 Å². The van der Waals surface area contributed by atoms with E-state index in [2.05, 4.69) is 11.9 Å². The number of aromatic nitrogens is 1. The lowest BCUT2D eigenvalue weighted by Gasteiger charge is -2.25. The first-order valence-corrected chi connectivity index (χ1v) is 13.4. The number of nitrogens with zero attached hydrogens (tertiary/aromatic N) is 2. The predicted molar refractivity (Wildman–Crippen MR) is 144 cm³/mol. The maximum absolute atomic E-state index is 13.5. The summed E-state index contributed by atoms with van der Waals surface area (Å²) in [6.45, 7) is 6.43. The van der Waals surface area contributed by atoms with E-state index in [4.69, 9.17) is 18.6 Å². The first-order valence-electron chi connectivity index (χ1n) is 12.6. The Bertz CT molecular complexity index is 1390. The number of hydrogen-bond donors (Lipinski definition) is 1. The van der Waals surface area contributed by atoms with Gasteiger partial charge in [0.05, 0.1) is 43.9 Å². The van der Waals surface area contributed by atoms with Crippen LogP contribution in [0.25, 0.3) is 0 Å². The van der Waals surface area contributed by atoms with E-state index >= 15 is 0 Å². The van der Waals surface area contributed by atoms with E-state index in [1.54, 1.807) is 31.2 Å². The number of furan rings is 1. The van der Waals surface area contributed by atoms with E-state index in [0.29, 0.717) is 36.0 Å². The summed E-state index contributed by atoms with van der Waals surface area (Å²) in [5.41, 5.74) is 0.644. The predicted octanol–water partition coefficient (Wildman–Crippen LogP) is 5.58. The lowest BCUT2D eigenvalue weighted by molar-refractivity contribution is -0.117. The zero-order chi connectivity index (χ0) is 28.1. The Morgan fingerprint density at radius 3 is 2.62 bits per heavy atom. The van der Waals surface area contributed by atoms with Crippen molar-refractivity contribution in [3.05, 3.63) is 69.8 Å². The highest BCUT2D eigenvalue weighted by Crippen LogP contribution is 2.45. The molecule has 1 unspecified atom stereocenters. The molecule has 0 saturated carbocycles. The van der Waals surface area contributed by atoms with Crippen LogP contribution in [0.15, 0.2) is 52.3 Å². The Morgan fingerprint density at radius 1 is 1.15 bits per heavy atom. The Balaban J connectivity index is 1.82. The number of methoxy groups -OCH3 is 1. The van der Waals surface area contributed by atoms with Gasteiger partial charge in [-0.15, -0.1) is 0 Å². The second-order valence-corrected chi connectivity index (χ2v) is 9.72. The van der Waals surface area contributed by atoms with Crippen molar-refractivity contribution >= 4 is 34.1 Å². The molecule has 11 heteroatoms. The monoisotopic (exact) mass is 554 g/mol. The number of amides is 1. The van der Waals surface area contributed by atoms with Crippen molar-refractivity contribution in [2.45, 2.75) is 46.1 Å². The van der Waals surface area contributed by atoms with Crippen LogP contribution in [0.1, 0.15) is 70.6 Å². The van der Waals surface area contributed by atoms with Gasteiger partial charge in [-0.1, -0.05) is 37.2 Å². The highest BCUT2D eigenvalue weighted by molar-refractivity contribution is 7.17. The van der Waals surface area contributed by atoms with Crippen molar-refractivity contribution < 1.29 is 38.1 Å². The molecule has 1 aromatic carbocycles. The standard InChI is InChI=1S/C28H30N2O8S/c1-5-7-8-13-37-18-12-11-17(15-20(18)36-6-2)22-21(23(31)19-10-9-14-38-19)24(32)26(33)30(22)28-29-16(3)25(39-28)27(34)35-4/h9-12,14-15,22,32H,5-8,13H2,1-4H3. The third-order valence-corrected chi connectivity index (χ3v) is 7.29. The molecule has 1 amide bonds. The maximum Gasteiger partial charge on any atom is 0.350 e. The number of aryl methyl sites for hydroxylation is 1. The van der Waals surface area contributed by atoms with Gasteiger partial charge < -0.3 is 23.7 Å². The quantitative estimate of drug-likeness (QED) is 0.173. The minimum Gasteiger partial charge on any atom is -0.503 e. The van der Waals surface area contributed by atoms with E-state index in [1.165, 1.54) is 24.3 Å². The fourth-order valence-electron chi connectivity index (χ4n) is 4.27. The SMILES string of the molecule is CCCCCOc1ccc(C2C(C(=O)c3ccco3)=C(O)C(=O)N2c2nc(C)c(C(=O)OC)s2)cc1OCC. The topological polar surface area (TPSA) is 128 Å². The van der Waals surface area contributed by atoms with E-state index < -0.39 is 29.5 Å². The van der Waals surface area contributed by atoms with E-state index in [0.717, 1.165) is 30.6 Å². The molecule has 0 fully saturated rings. The number of esters is 1. The van der Waals surface area contributed by atoms with Gasteiger partial charge in [-0.05, 0) is 50.1 Å². The van der Waals surface area contributed by atoms with Gasteiger partial charge in [0, 0.05) is 0 Å². The minimum absolute atomic E-state index is 0.0392. The highest BCUT2D eigenvalue weighted by Gasteiger charge is 2.47. The summed E-state index contributed by atoms with van der Waals surface area (Å²) in [4.78, 5) is 45.0. The molecule has 2 aromatic heterocycles. The van der Waals surface area contributed by atoms with Crippen LogP contribution in [0.3, 0.4) is 0 Å². The number of aliphatic hydroxyl groups excluding tert-OH is 1. The third-order valence-electron chi connectivity index (χ3n) is 6.15. The van der Waals surface area contributed by atoms with Gasteiger partial charge in [0.2, 0.25) is 5.78 Å². The number of carbonyl (C=O) groups excluding carboxylic acids is 3. The molecule has 1 N–H and O–H groups in total. The lowest BCUT2D eigenvalue weighted by atomic mass is 9.95. The summed E-state index contributed by atoms with van der Waals surface area (Å²) in [6.07, 6.45) is 4.31. The molecule has 3 heterocycles. The molecule has 0 spiro atoms. The van der Waals surface area contributed by atoms with Gasteiger partial charge in [0.1, 0.15) is 4.88 Å². The van der Waals surface area contributed by atoms with E-state index in [9.17, 15) is 19.5 Å². The van der Waals surface area contributed by atoms with Crippen LogP contribution in [-0.2, 0) is 9.53 Å². The summed E-state index contributed by atoms with van der Waals surface area (Å²) in [6, 6.07) is 7.01. The number of Topliss-reactive ketones (excluding diaryl/α,β-unsaturated/α-hetero) is 1. The number of rotatable bonds is 12. The zero-order valence-electron chi connectivity index (χ0n) is 22.2. The largest absolute Gasteiger partial charge is 0.503 e. The average molecular weight is 555 g/mol. The Labute approximate surface area is 229 Å². The van der Waals surface area contributed by atoms with Crippen LogP contribution in [0, 0.1) is 6.92 Å². The maximum atomic E-state index is 13.5. The van der Waals surface area contributed by atoms with Crippen molar-refractivity contribution in [2.24, 2.45) is 0 Å². The number of hydrogen-bond acceptors (Lipinski definition) is 10. The Hall–Kier alpha value is -4.12. The van der Waals surface area contributed by atoms with Gasteiger partial charge in [-0.3, -0.25) is 14.5 Å². The third kappa shape index (κ3) is 5.53. The van der Waals surface area contributed by atoms with Crippen LogP contribution in [0.4, 0.5) is 5.13 Å². The molecule has 206 valence electrons. The number of anilines is 1. The molecule has 10 nitrogen and oxygen atoms in total. The molecule has 1 aliphatic rings. The van der Waals surface area contributed by atoms with Crippen molar-refractivity contribution in [1.82, 2.24) is 4.98 Å². The van der Waals surface area contributed by atoms with E-state index in [1.807, 2.05) is 6.92 Å². The van der Waals surface area contributed by atoms with Gasteiger partial charge in [-0.25, -0.2) is 9.78 Å². The number of thiazole rings is 1. The van der Waals surface area contributed by atoms with Gasteiger partial charge in [0.15, 0.2) is 28.1 Å². The molecule has 0 radical (unpaired) electrons. The summed E-state index contributed by atoms with van der Waals surface area (Å²) in [5, 5.41) is 11.1.